The van der Waals surface area contributed by atoms with E-state index in [-0.39, 0.29) is 6.29 Å². The first-order chi connectivity index (χ1) is 8.45. The normalized spacial score (nSPS) is 17.2. The van der Waals surface area contributed by atoms with Crippen molar-refractivity contribution in [2.24, 2.45) is 0 Å². The van der Waals surface area contributed by atoms with Gasteiger partial charge in [0.15, 0.2) is 6.29 Å². The summed E-state index contributed by atoms with van der Waals surface area (Å²) in [5.41, 5.74) is 1.11. The summed E-state index contributed by atoms with van der Waals surface area (Å²) in [7, 11) is 0. The Bertz CT molecular complexity index is 360. The average Bonchev–Trinajstić information content (AvgIpc) is 2.65. The summed E-state index contributed by atoms with van der Waals surface area (Å²) in [5, 5.41) is 0. The van der Waals surface area contributed by atoms with Crippen molar-refractivity contribution in [2.45, 2.75) is 6.29 Å². The van der Waals surface area contributed by atoms with E-state index in [0.29, 0.717) is 19.8 Å². The third-order valence-electron chi connectivity index (χ3n) is 2.31. The molecule has 0 amide bonds. The van der Waals surface area contributed by atoms with Gasteiger partial charge in [0.2, 0.25) is 0 Å². The summed E-state index contributed by atoms with van der Waals surface area (Å²) >= 11 is 0. The Hall–Kier alpha value is -1.58. The van der Waals surface area contributed by atoms with Crippen molar-refractivity contribution in [3.63, 3.8) is 0 Å². The minimum Gasteiger partial charge on any atom is -0.496 e. The van der Waals surface area contributed by atoms with Crippen molar-refractivity contribution >= 4 is 6.08 Å². The van der Waals surface area contributed by atoms with Crippen molar-refractivity contribution in [1.29, 1.82) is 0 Å². The Kier molecular flexibility index (Phi) is 4.82. The molecule has 0 saturated heterocycles. The van der Waals surface area contributed by atoms with Crippen LogP contribution in [-0.4, -0.2) is 26.1 Å². The molecule has 90 valence electrons. The molecule has 0 radical (unpaired) electrons. The second-order valence-electron chi connectivity index (χ2n) is 3.61. The van der Waals surface area contributed by atoms with Crippen molar-refractivity contribution < 1.29 is 14.2 Å². The van der Waals surface area contributed by atoms with Crippen molar-refractivity contribution in [1.82, 2.24) is 0 Å². The topological polar surface area (TPSA) is 27.7 Å². The predicted octanol–water partition coefficient (Wildman–Crippen LogP) is 2.60. The fraction of sp³-hybridized carbons (Fsp3) is 0.286. The predicted molar refractivity (Wildman–Crippen MR) is 66.3 cm³/mol. The number of hydrogen-bond acceptors (Lipinski definition) is 3. The summed E-state index contributed by atoms with van der Waals surface area (Å²) in [6.07, 6.45) is 7.18. The molecule has 0 spiro atoms. The molecule has 0 atom stereocenters. The molecule has 0 unspecified atom stereocenters. The van der Waals surface area contributed by atoms with Crippen LogP contribution in [-0.2, 0) is 14.2 Å². The van der Waals surface area contributed by atoms with Gasteiger partial charge >= 0.3 is 0 Å². The highest BCUT2D eigenvalue weighted by atomic mass is 16.7. The highest BCUT2D eigenvalue weighted by molar-refractivity contribution is 5.47. The van der Waals surface area contributed by atoms with E-state index in [4.69, 9.17) is 14.2 Å². The van der Waals surface area contributed by atoms with Crippen LogP contribution in [0, 0.1) is 0 Å². The van der Waals surface area contributed by atoms with Crippen LogP contribution in [0.1, 0.15) is 5.56 Å². The minimum atomic E-state index is -0.287. The van der Waals surface area contributed by atoms with Gasteiger partial charge in [-0.25, -0.2) is 0 Å². The summed E-state index contributed by atoms with van der Waals surface area (Å²) in [6, 6.07) is 10.00. The van der Waals surface area contributed by atoms with Crippen molar-refractivity contribution in [3.05, 3.63) is 54.3 Å². The third-order valence-corrected chi connectivity index (χ3v) is 2.31. The Morgan fingerprint density at radius 1 is 1.12 bits per heavy atom. The number of ether oxygens (including phenoxy) is 3. The van der Waals surface area contributed by atoms with E-state index in [0.717, 1.165) is 5.56 Å². The lowest BCUT2D eigenvalue weighted by Gasteiger charge is -2.14. The lowest BCUT2D eigenvalue weighted by Crippen LogP contribution is -2.21. The molecule has 0 N–H and O–H groups in total. The number of rotatable bonds is 4. The first kappa shape index (κ1) is 11.9. The molecular weight excluding hydrogens is 216 g/mol. The molecule has 3 nitrogen and oxygen atoms in total. The maximum Gasteiger partial charge on any atom is 0.192 e. The molecule has 1 aliphatic heterocycles. The van der Waals surface area contributed by atoms with E-state index in [1.165, 1.54) is 0 Å². The van der Waals surface area contributed by atoms with E-state index < -0.39 is 0 Å². The molecule has 0 bridgehead atoms. The molecule has 0 aliphatic carbocycles. The highest BCUT2D eigenvalue weighted by Crippen LogP contribution is 2.04. The van der Waals surface area contributed by atoms with Gasteiger partial charge in [-0.1, -0.05) is 42.5 Å². The second-order valence-corrected chi connectivity index (χ2v) is 3.61. The van der Waals surface area contributed by atoms with Crippen LogP contribution >= 0.6 is 0 Å². The second kappa shape index (κ2) is 6.89. The number of benzene rings is 1. The lowest BCUT2D eigenvalue weighted by molar-refractivity contribution is -0.145. The van der Waals surface area contributed by atoms with Crippen LogP contribution in [0.3, 0.4) is 0 Å². The van der Waals surface area contributed by atoms with Gasteiger partial charge in [0.1, 0.15) is 6.61 Å². The smallest absolute Gasteiger partial charge is 0.192 e. The van der Waals surface area contributed by atoms with Crippen LogP contribution in [0.5, 0.6) is 0 Å². The fourth-order valence-corrected chi connectivity index (χ4v) is 1.43. The molecule has 0 aromatic heterocycles. The molecule has 0 fully saturated rings. The van der Waals surface area contributed by atoms with Gasteiger partial charge in [0.05, 0.1) is 19.5 Å². The third kappa shape index (κ3) is 4.43. The summed E-state index contributed by atoms with van der Waals surface area (Å²) < 4.78 is 16.1. The van der Waals surface area contributed by atoms with Crippen LogP contribution in [0.15, 0.2) is 48.7 Å². The molecule has 3 heteroatoms. The Morgan fingerprint density at radius 3 is 2.53 bits per heavy atom. The van der Waals surface area contributed by atoms with Crippen LogP contribution in [0.25, 0.3) is 6.08 Å². The monoisotopic (exact) mass is 232 g/mol. The maximum absolute atomic E-state index is 5.39. The summed E-state index contributed by atoms with van der Waals surface area (Å²) in [5.74, 6) is 0. The van der Waals surface area contributed by atoms with E-state index in [2.05, 4.69) is 0 Å². The van der Waals surface area contributed by atoms with Crippen LogP contribution < -0.4 is 0 Å². The van der Waals surface area contributed by atoms with E-state index in [1.54, 1.807) is 6.26 Å². The van der Waals surface area contributed by atoms with E-state index in [9.17, 15) is 0 Å². The Balaban J connectivity index is 1.70. The first-order valence-electron chi connectivity index (χ1n) is 5.66. The molecule has 1 aromatic rings. The molecular formula is C14H16O3. The molecule has 2 rings (SSSR count). The van der Waals surface area contributed by atoms with Gasteiger partial charge in [-0.3, -0.25) is 0 Å². The van der Waals surface area contributed by atoms with Crippen molar-refractivity contribution in [2.75, 3.05) is 19.8 Å². The zero-order chi connectivity index (χ0) is 11.8. The zero-order valence-corrected chi connectivity index (χ0v) is 9.62. The largest absolute Gasteiger partial charge is 0.496 e. The quantitative estimate of drug-likeness (QED) is 0.590. The maximum atomic E-state index is 5.39. The molecule has 1 aliphatic rings. The molecule has 1 heterocycles. The highest BCUT2D eigenvalue weighted by Gasteiger charge is 2.09. The molecule has 0 saturated carbocycles. The standard InChI is InChI=1S/C14H16O3/c1-2-6-13(7-3-1)8-11-15-12-14-16-9-4-5-10-17-14/h1-8,11,14H,9-10,12H2/b11-8+. The van der Waals surface area contributed by atoms with Gasteiger partial charge in [-0.05, 0) is 11.6 Å². The Labute approximate surface area is 101 Å². The average molecular weight is 232 g/mol. The van der Waals surface area contributed by atoms with Gasteiger partial charge in [-0.2, -0.15) is 0 Å². The fourth-order valence-electron chi connectivity index (χ4n) is 1.43. The number of hydrogen-bond donors (Lipinski definition) is 0. The first-order valence-corrected chi connectivity index (χ1v) is 5.66. The summed E-state index contributed by atoms with van der Waals surface area (Å²) in [4.78, 5) is 0. The zero-order valence-electron chi connectivity index (χ0n) is 9.62. The minimum absolute atomic E-state index is 0.287. The van der Waals surface area contributed by atoms with Gasteiger partial charge < -0.3 is 14.2 Å². The molecule has 17 heavy (non-hydrogen) atoms. The van der Waals surface area contributed by atoms with Gasteiger partial charge in [-0.15, -0.1) is 0 Å². The Morgan fingerprint density at radius 2 is 1.82 bits per heavy atom. The van der Waals surface area contributed by atoms with E-state index in [1.807, 2.05) is 48.6 Å². The lowest BCUT2D eigenvalue weighted by atomic mass is 10.2. The van der Waals surface area contributed by atoms with E-state index >= 15 is 0 Å². The van der Waals surface area contributed by atoms with Crippen LogP contribution in [0.2, 0.25) is 0 Å². The van der Waals surface area contributed by atoms with Gasteiger partial charge in [0, 0.05) is 0 Å². The SMILES string of the molecule is C1=CCOC(CO/C=C/c2ccccc2)OC1. The summed E-state index contributed by atoms with van der Waals surface area (Å²) in [6.45, 7) is 1.57. The van der Waals surface area contributed by atoms with Crippen molar-refractivity contribution in [3.8, 4) is 0 Å². The van der Waals surface area contributed by atoms with Crippen LogP contribution in [0.4, 0.5) is 0 Å². The molecule has 1 aromatic carbocycles. The van der Waals surface area contributed by atoms with Gasteiger partial charge in [0.25, 0.3) is 0 Å².